The van der Waals surface area contributed by atoms with Crippen LogP contribution in [0.4, 0.5) is 0 Å². The van der Waals surface area contributed by atoms with Gasteiger partial charge in [0.15, 0.2) is 11.5 Å². The molecule has 0 spiro atoms. The average molecular weight is 401 g/mol. The van der Waals surface area contributed by atoms with Crippen molar-refractivity contribution in [2.45, 2.75) is 26.4 Å². The third kappa shape index (κ3) is 4.92. The Bertz CT molecular complexity index is 835. The Hall–Kier alpha value is -2.80. The molecule has 0 N–H and O–H groups in total. The van der Waals surface area contributed by atoms with Gasteiger partial charge in [-0.05, 0) is 29.1 Å². The number of nitrogens with zero attached hydrogens (tertiary/aromatic N) is 2. The van der Waals surface area contributed by atoms with Crippen LogP contribution in [0.25, 0.3) is 0 Å². The third-order valence-electron chi connectivity index (χ3n) is 4.42. The zero-order valence-corrected chi connectivity index (χ0v) is 16.7. The minimum atomic E-state index is -0.102. The third-order valence-corrected chi connectivity index (χ3v) is 5.28. The maximum atomic E-state index is 13.1. The van der Waals surface area contributed by atoms with Gasteiger partial charge < -0.3 is 19.3 Å². The summed E-state index contributed by atoms with van der Waals surface area (Å²) in [5.74, 6) is 1.24. The molecular formula is C21H24N2O4S. The van der Waals surface area contributed by atoms with Gasteiger partial charge >= 0.3 is 0 Å². The van der Waals surface area contributed by atoms with E-state index in [0.29, 0.717) is 37.6 Å². The SMILES string of the molecule is C=CCN(CC(=O)N(Cc1ccc2c(c1)OCO2)Cc1cccs1)C(=O)CC. The van der Waals surface area contributed by atoms with Crippen LogP contribution < -0.4 is 9.47 Å². The highest BCUT2D eigenvalue weighted by Crippen LogP contribution is 2.33. The van der Waals surface area contributed by atoms with Crippen LogP contribution in [0.5, 0.6) is 11.5 Å². The van der Waals surface area contributed by atoms with Crippen molar-refractivity contribution in [2.24, 2.45) is 0 Å². The topological polar surface area (TPSA) is 59.1 Å². The highest BCUT2D eigenvalue weighted by atomic mass is 32.1. The van der Waals surface area contributed by atoms with E-state index in [2.05, 4.69) is 6.58 Å². The molecule has 2 heterocycles. The fourth-order valence-electron chi connectivity index (χ4n) is 2.98. The van der Waals surface area contributed by atoms with E-state index in [1.807, 2.05) is 35.7 Å². The number of thiophene rings is 1. The van der Waals surface area contributed by atoms with Crippen LogP contribution >= 0.6 is 11.3 Å². The lowest BCUT2D eigenvalue weighted by molar-refractivity contribution is -0.140. The van der Waals surface area contributed by atoms with Gasteiger partial charge in [-0.25, -0.2) is 0 Å². The molecule has 0 aliphatic carbocycles. The number of fused-ring (bicyclic) bond motifs is 1. The summed E-state index contributed by atoms with van der Waals surface area (Å²) in [7, 11) is 0. The Morgan fingerprint density at radius 3 is 2.68 bits per heavy atom. The molecule has 3 rings (SSSR count). The van der Waals surface area contributed by atoms with Crippen molar-refractivity contribution in [3.05, 3.63) is 58.8 Å². The number of ether oxygens (including phenoxy) is 2. The summed E-state index contributed by atoms with van der Waals surface area (Å²) >= 11 is 1.60. The summed E-state index contributed by atoms with van der Waals surface area (Å²) in [6.07, 6.45) is 2.00. The maximum Gasteiger partial charge on any atom is 0.242 e. The van der Waals surface area contributed by atoms with E-state index >= 15 is 0 Å². The highest BCUT2D eigenvalue weighted by Gasteiger charge is 2.22. The van der Waals surface area contributed by atoms with E-state index in [-0.39, 0.29) is 25.2 Å². The molecule has 2 aromatic rings. The minimum Gasteiger partial charge on any atom is -0.454 e. The van der Waals surface area contributed by atoms with E-state index in [1.54, 1.807) is 29.2 Å². The van der Waals surface area contributed by atoms with Gasteiger partial charge in [-0.3, -0.25) is 9.59 Å². The first kappa shape index (κ1) is 19.9. The molecular weight excluding hydrogens is 376 g/mol. The Morgan fingerprint density at radius 2 is 1.96 bits per heavy atom. The molecule has 7 heteroatoms. The first-order chi connectivity index (χ1) is 13.6. The summed E-state index contributed by atoms with van der Waals surface area (Å²) in [4.78, 5) is 29.6. The van der Waals surface area contributed by atoms with Gasteiger partial charge in [0.2, 0.25) is 18.6 Å². The van der Waals surface area contributed by atoms with Crippen LogP contribution in [-0.4, -0.2) is 41.5 Å². The first-order valence-electron chi connectivity index (χ1n) is 9.18. The molecule has 1 aromatic carbocycles. The molecule has 1 aliphatic heterocycles. The smallest absolute Gasteiger partial charge is 0.242 e. The lowest BCUT2D eigenvalue weighted by Crippen LogP contribution is -2.42. The molecule has 6 nitrogen and oxygen atoms in total. The van der Waals surface area contributed by atoms with Crippen molar-refractivity contribution in [1.29, 1.82) is 0 Å². The van der Waals surface area contributed by atoms with E-state index < -0.39 is 0 Å². The van der Waals surface area contributed by atoms with Crippen molar-refractivity contribution < 1.29 is 19.1 Å². The summed E-state index contributed by atoms with van der Waals surface area (Å²) in [6.45, 7) is 7.01. The molecule has 2 amide bonds. The average Bonchev–Trinajstić information content (AvgIpc) is 3.37. The fraction of sp³-hybridized carbons (Fsp3) is 0.333. The molecule has 0 bridgehead atoms. The summed E-state index contributed by atoms with van der Waals surface area (Å²) in [5, 5.41) is 1.99. The number of hydrogen-bond acceptors (Lipinski definition) is 5. The summed E-state index contributed by atoms with van der Waals surface area (Å²) < 4.78 is 10.8. The Labute approximate surface area is 169 Å². The second kappa shape index (κ2) is 9.41. The number of benzene rings is 1. The molecule has 0 unspecified atom stereocenters. The lowest BCUT2D eigenvalue weighted by Gasteiger charge is -2.27. The van der Waals surface area contributed by atoms with Gasteiger partial charge in [0.25, 0.3) is 0 Å². The Morgan fingerprint density at radius 1 is 1.14 bits per heavy atom. The van der Waals surface area contributed by atoms with Crippen LogP contribution in [-0.2, 0) is 22.7 Å². The molecule has 0 fully saturated rings. The monoisotopic (exact) mass is 400 g/mol. The predicted octanol–water partition coefficient (Wildman–Crippen LogP) is 3.43. The number of carbonyl (C=O) groups is 2. The van der Waals surface area contributed by atoms with Crippen molar-refractivity contribution in [3.63, 3.8) is 0 Å². The Kier molecular flexibility index (Phi) is 6.71. The molecule has 0 saturated carbocycles. The molecule has 0 atom stereocenters. The van der Waals surface area contributed by atoms with E-state index in [0.717, 1.165) is 10.4 Å². The fourth-order valence-corrected chi connectivity index (χ4v) is 3.70. The molecule has 1 aliphatic rings. The maximum absolute atomic E-state index is 13.1. The zero-order valence-electron chi connectivity index (χ0n) is 15.9. The van der Waals surface area contributed by atoms with Gasteiger partial charge in [-0.15, -0.1) is 17.9 Å². The molecule has 148 valence electrons. The van der Waals surface area contributed by atoms with E-state index in [4.69, 9.17) is 9.47 Å². The number of rotatable bonds is 9. The van der Waals surface area contributed by atoms with Crippen molar-refractivity contribution >= 4 is 23.2 Å². The lowest BCUT2D eigenvalue weighted by atomic mass is 10.2. The van der Waals surface area contributed by atoms with Gasteiger partial charge in [-0.2, -0.15) is 0 Å². The normalized spacial score (nSPS) is 11.9. The molecule has 1 aromatic heterocycles. The number of amides is 2. The van der Waals surface area contributed by atoms with Crippen molar-refractivity contribution in [3.8, 4) is 11.5 Å². The van der Waals surface area contributed by atoms with Gasteiger partial charge in [0.05, 0.1) is 6.54 Å². The standard InChI is InChI=1S/C21H24N2O4S/c1-3-9-22(20(24)4-2)14-21(25)23(13-17-6-5-10-28-17)12-16-7-8-18-19(11-16)27-15-26-18/h3,5-8,10-11H,1,4,9,12-15H2,2H3. The van der Waals surface area contributed by atoms with Crippen LogP contribution in [0.1, 0.15) is 23.8 Å². The number of carbonyl (C=O) groups excluding carboxylic acids is 2. The predicted molar refractivity (Wildman–Crippen MR) is 108 cm³/mol. The number of hydrogen-bond donors (Lipinski definition) is 0. The quantitative estimate of drug-likeness (QED) is 0.605. The van der Waals surface area contributed by atoms with E-state index in [9.17, 15) is 9.59 Å². The largest absolute Gasteiger partial charge is 0.454 e. The molecule has 28 heavy (non-hydrogen) atoms. The summed E-state index contributed by atoms with van der Waals surface area (Å²) in [5.41, 5.74) is 0.950. The van der Waals surface area contributed by atoms with Gasteiger partial charge in [0.1, 0.15) is 6.54 Å². The summed E-state index contributed by atoms with van der Waals surface area (Å²) in [6, 6.07) is 9.66. The minimum absolute atomic E-state index is 0.0363. The van der Waals surface area contributed by atoms with Gasteiger partial charge in [-0.1, -0.05) is 25.1 Å². The van der Waals surface area contributed by atoms with Crippen LogP contribution in [0, 0.1) is 0 Å². The van der Waals surface area contributed by atoms with E-state index in [1.165, 1.54) is 4.90 Å². The van der Waals surface area contributed by atoms with Crippen LogP contribution in [0.3, 0.4) is 0 Å². The van der Waals surface area contributed by atoms with Gasteiger partial charge in [0, 0.05) is 24.4 Å². The van der Waals surface area contributed by atoms with Crippen molar-refractivity contribution in [1.82, 2.24) is 9.80 Å². The van der Waals surface area contributed by atoms with Crippen LogP contribution in [0.2, 0.25) is 0 Å². The highest BCUT2D eigenvalue weighted by molar-refractivity contribution is 7.09. The second-order valence-electron chi connectivity index (χ2n) is 6.43. The first-order valence-corrected chi connectivity index (χ1v) is 10.1. The van der Waals surface area contributed by atoms with Crippen LogP contribution in [0.15, 0.2) is 48.4 Å². The Balaban J connectivity index is 1.76. The zero-order chi connectivity index (χ0) is 19.9. The second-order valence-corrected chi connectivity index (χ2v) is 7.47. The van der Waals surface area contributed by atoms with Crippen molar-refractivity contribution in [2.75, 3.05) is 19.9 Å². The molecule has 0 saturated heterocycles. The molecule has 0 radical (unpaired) electrons.